The zero-order valence-corrected chi connectivity index (χ0v) is 14.8. The number of aliphatic hydroxyl groups excluding tert-OH is 9. The summed E-state index contributed by atoms with van der Waals surface area (Å²) in [4.78, 5) is 0. The van der Waals surface area contributed by atoms with Crippen molar-refractivity contribution in [2.75, 3.05) is 13.2 Å². The van der Waals surface area contributed by atoms with Crippen LogP contribution in [0.2, 0.25) is 0 Å². The molecule has 2 fully saturated rings. The number of nitrogens with two attached hydrogens (primary N) is 1. The average Bonchev–Trinajstić information content (AvgIpc) is 2.58. The molecule has 20 N–H and O–H groups in total. The lowest BCUT2D eigenvalue weighted by Gasteiger charge is -2.38. The highest BCUT2D eigenvalue weighted by Crippen LogP contribution is 2.19. The molecule has 2 rings (SSSR count). The van der Waals surface area contributed by atoms with Gasteiger partial charge in [0.1, 0.15) is 55.1 Å². The van der Waals surface area contributed by atoms with Crippen molar-refractivity contribution in [2.24, 2.45) is 5.73 Å². The highest BCUT2D eigenvalue weighted by molar-refractivity contribution is 4.89. The first-order valence-corrected chi connectivity index (χ1v) is 7.20. The number of rotatable bonds is 2. The SMILES string of the molecule is C.N.N[C@@H]1OC(CO)[C@@H](O)[C@H](O)C1O.O.O.O.OCC1OC(O)C(O)[C@@H](O)[C@@H]1O. The van der Waals surface area contributed by atoms with Crippen LogP contribution >= 0.6 is 0 Å². The molecule has 0 saturated carbocycles. The molecule has 0 spiro atoms. The van der Waals surface area contributed by atoms with Gasteiger partial charge in [-0.1, -0.05) is 7.43 Å². The zero-order valence-electron chi connectivity index (χ0n) is 14.8. The first-order valence-electron chi connectivity index (χ1n) is 7.20. The molecule has 16 heteroatoms. The van der Waals surface area contributed by atoms with Crippen molar-refractivity contribution >= 4 is 0 Å². The molecule has 184 valence electrons. The highest BCUT2D eigenvalue weighted by atomic mass is 16.6. The van der Waals surface area contributed by atoms with E-state index in [0.717, 1.165) is 0 Å². The molecule has 10 atom stereocenters. The van der Waals surface area contributed by atoms with Crippen LogP contribution in [-0.2, 0) is 9.47 Å². The Kier molecular flexibility index (Phi) is 22.9. The van der Waals surface area contributed by atoms with Crippen LogP contribution in [0.1, 0.15) is 7.43 Å². The summed E-state index contributed by atoms with van der Waals surface area (Å²) < 4.78 is 9.37. The lowest BCUT2D eigenvalue weighted by molar-refractivity contribution is -0.286. The largest absolute Gasteiger partial charge is 0.412 e. The topological polar surface area (TPSA) is 356 Å². The van der Waals surface area contributed by atoms with Gasteiger partial charge in [-0.2, -0.15) is 0 Å². The van der Waals surface area contributed by atoms with E-state index < -0.39 is 74.6 Å². The van der Waals surface area contributed by atoms with Crippen LogP contribution in [-0.4, -0.2) is 137 Å². The first-order chi connectivity index (χ1) is 11.1. The Morgan fingerprint density at radius 3 is 1.31 bits per heavy atom. The van der Waals surface area contributed by atoms with E-state index >= 15 is 0 Å². The lowest BCUT2D eigenvalue weighted by atomic mass is 9.99. The van der Waals surface area contributed by atoms with Gasteiger partial charge in [0.15, 0.2) is 6.29 Å². The van der Waals surface area contributed by atoms with Crippen molar-refractivity contribution in [2.45, 2.75) is 68.8 Å². The molecule has 0 bridgehead atoms. The maximum atomic E-state index is 9.18. The second-order valence-corrected chi connectivity index (χ2v) is 5.51. The molecule has 0 aromatic carbocycles. The van der Waals surface area contributed by atoms with E-state index in [1.54, 1.807) is 0 Å². The molecular formula is C13H38N2O14. The number of hydrogen-bond donors (Lipinski definition) is 11. The van der Waals surface area contributed by atoms with Crippen LogP contribution in [0, 0.1) is 0 Å². The van der Waals surface area contributed by atoms with E-state index in [4.69, 9.17) is 51.3 Å². The minimum Gasteiger partial charge on any atom is -0.412 e. The number of ether oxygens (including phenoxy) is 2. The van der Waals surface area contributed by atoms with Gasteiger partial charge in [0, 0.05) is 0 Å². The molecule has 2 saturated heterocycles. The van der Waals surface area contributed by atoms with Crippen molar-refractivity contribution in [3.8, 4) is 0 Å². The summed E-state index contributed by atoms with van der Waals surface area (Å²) in [5, 5.41) is 80.7. The first kappa shape index (κ1) is 38.9. The predicted octanol–water partition coefficient (Wildman–Crippen LogP) is -8.15. The van der Waals surface area contributed by atoms with E-state index in [9.17, 15) is 5.11 Å². The predicted molar refractivity (Wildman–Crippen MR) is 96.5 cm³/mol. The summed E-state index contributed by atoms with van der Waals surface area (Å²) in [7, 11) is 0. The monoisotopic (exact) mass is 446 g/mol. The van der Waals surface area contributed by atoms with Gasteiger partial charge in [0.2, 0.25) is 0 Å². The molecule has 2 aliphatic heterocycles. The van der Waals surface area contributed by atoms with Gasteiger partial charge in [0.25, 0.3) is 0 Å². The van der Waals surface area contributed by atoms with Crippen LogP contribution in [0.5, 0.6) is 0 Å². The third kappa shape index (κ3) is 9.36. The van der Waals surface area contributed by atoms with Gasteiger partial charge in [-0.3, -0.25) is 0 Å². The van der Waals surface area contributed by atoms with E-state index in [2.05, 4.69) is 4.74 Å². The Labute approximate surface area is 166 Å². The molecule has 29 heavy (non-hydrogen) atoms. The molecule has 0 amide bonds. The van der Waals surface area contributed by atoms with Gasteiger partial charge < -0.3 is 83.7 Å². The Hall–Kier alpha value is -0.640. The smallest absolute Gasteiger partial charge is 0.184 e. The van der Waals surface area contributed by atoms with Crippen molar-refractivity contribution in [3.05, 3.63) is 0 Å². The molecule has 0 radical (unpaired) electrons. The summed E-state index contributed by atoms with van der Waals surface area (Å²) in [6, 6.07) is 0. The summed E-state index contributed by atoms with van der Waals surface area (Å²) >= 11 is 0. The van der Waals surface area contributed by atoms with Crippen molar-refractivity contribution in [1.82, 2.24) is 6.15 Å². The molecule has 16 nitrogen and oxygen atoms in total. The minimum absolute atomic E-state index is 0. The normalized spacial score (nSPS) is 40.8. The maximum Gasteiger partial charge on any atom is 0.184 e. The molecule has 5 unspecified atom stereocenters. The Morgan fingerprint density at radius 1 is 0.586 bits per heavy atom. The maximum absolute atomic E-state index is 9.18. The van der Waals surface area contributed by atoms with Crippen molar-refractivity contribution in [1.29, 1.82) is 0 Å². The van der Waals surface area contributed by atoms with Crippen molar-refractivity contribution in [3.63, 3.8) is 0 Å². The fourth-order valence-corrected chi connectivity index (χ4v) is 2.21. The molecule has 0 aliphatic carbocycles. The average molecular weight is 446 g/mol. The van der Waals surface area contributed by atoms with Gasteiger partial charge in [-0.05, 0) is 0 Å². The summed E-state index contributed by atoms with van der Waals surface area (Å²) in [6.45, 7) is -0.972. The van der Waals surface area contributed by atoms with Gasteiger partial charge in [0.05, 0.1) is 13.2 Å². The van der Waals surface area contributed by atoms with Gasteiger partial charge in [-0.25, -0.2) is 0 Å². The fraction of sp³-hybridized carbons (Fsp3) is 1.00. The molecule has 2 aliphatic rings. The molecular weight excluding hydrogens is 408 g/mol. The van der Waals surface area contributed by atoms with Gasteiger partial charge >= 0.3 is 0 Å². The fourth-order valence-electron chi connectivity index (χ4n) is 2.21. The second-order valence-electron chi connectivity index (χ2n) is 5.51. The summed E-state index contributed by atoms with van der Waals surface area (Å²) in [5.41, 5.74) is 5.24. The standard InChI is InChI=1S/C6H13NO5.C6H12O6.CH4.H3N.3H2O/c7-6-5(11)4(10)3(9)2(1-8)12-6;7-1-2-3(8)4(9)5(10)6(11)12-2;;;;;/h2-6,8-11H,1,7H2;2-11H,1H2;1H4;1H3;3*1H2/t2?,3-,4+,5?,6-;2?,3-,4+,5?,6?;;;;;/m11...../s1. The zero-order chi connectivity index (χ0) is 18.6. The van der Waals surface area contributed by atoms with Crippen LogP contribution < -0.4 is 11.9 Å². The lowest BCUT2D eigenvalue weighted by Crippen LogP contribution is -2.61. The molecule has 2 heterocycles. The van der Waals surface area contributed by atoms with Gasteiger partial charge in [-0.15, -0.1) is 0 Å². The second kappa shape index (κ2) is 17.1. The van der Waals surface area contributed by atoms with Crippen molar-refractivity contribution < 1.29 is 71.9 Å². The van der Waals surface area contributed by atoms with Crippen LogP contribution in [0.15, 0.2) is 0 Å². The third-order valence-corrected chi connectivity index (χ3v) is 3.80. The highest BCUT2D eigenvalue weighted by Gasteiger charge is 2.43. The quantitative estimate of drug-likeness (QED) is 0.188. The van der Waals surface area contributed by atoms with Crippen LogP contribution in [0.3, 0.4) is 0 Å². The van der Waals surface area contributed by atoms with E-state index in [-0.39, 0.29) is 30.0 Å². The van der Waals surface area contributed by atoms with Crippen LogP contribution in [0.25, 0.3) is 0 Å². The third-order valence-electron chi connectivity index (χ3n) is 3.80. The minimum atomic E-state index is -1.57. The Morgan fingerprint density at radius 2 is 0.931 bits per heavy atom. The number of aliphatic hydroxyl groups is 9. The van der Waals surface area contributed by atoms with E-state index in [1.807, 2.05) is 0 Å². The van der Waals surface area contributed by atoms with E-state index in [0.29, 0.717) is 0 Å². The van der Waals surface area contributed by atoms with E-state index in [1.165, 1.54) is 0 Å². The number of hydrogen-bond acceptors (Lipinski definition) is 13. The van der Waals surface area contributed by atoms with Crippen LogP contribution in [0.4, 0.5) is 0 Å². The molecule has 0 aromatic rings. The molecule has 0 aromatic heterocycles. The Balaban J connectivity index is -0.000000113. The summed E-state index contributed by atoms with van der Waals surface area (Å²) in [6.07, 6.45) is -13.0. The summed E-state index contributed by atoms with van der Waals surface area (Å²) in [5.74, 6) is 0. The Bertz CT molecular complexity index is 340.